The molecule has 6 nitrogen and oxygen atoms in total. The Bertz CT molecular complexity index is 1330. The number of ketones is 1. The smallest absolute Gasteiger partial charge is 0.300 e. The van der Waals surface area contributed by atoms with E-state index in [1.165, 1.54) is 18.1 Å². The number of rotatable bonds is 7. The highest BCUT2D eigenvalue weighted by Gasteiger charge is 2.47. The summed E-state index contributed by atoms with van der Waals surface area (Å²) in [6.45, 7) is 6.60. The van der Waals surface area contributed by atoms with E-state index in [1.807, 2.05) is 31.2 Å². The van der Waals surface area contributed by atoms with E-state index in [1.54, 1.807) is 36.4 Å². The molecule has 1 atom stereocenters. The van der Waals surface area contributed by atoms with Crippen molar-refractivity contribution in [1.82, 2.24) is 0 Å². The summed E-state index contributed by atoms with van der Waals surface area (Å²) in [5.41, 5.74) is 2.45. The van der Waals surface area contributed by atoms with E-state index in [0.717, 1.165) is 11.1 Å². The molecule has 0 radical (unpaired) electrons. The number of hydrogen-bond donors (Lipinski definition) is 1. The third-order valence-electron chi connectivity index (χ3n) is 6.05. The van der Waals surface area contributed by atoms with Gasteiger partial charge in [0.15, 0.2) is 0 Å². The molecule has 1 fully saturated rings. The normalized spacial score (nSPS) is 17.1. The minimum atomic E-state index is -0.825. The van der Waals surface area contributed by atoms with Gasteiger partial charge in [-0.05, 0) is 66.4 Å². The summed E-state index contributed by atoms with van der Waals surface area (Å²) in [6.07, 6.45) is 0. The zero-order chi connectivity index (χ0) is 26.0. The predicted molar refractivity (Wildman–Crippen MR) is 141 cm³/mol. The molecule has 0 saturated carbocycles. The second-order valence-corrected chi connectivity index (χ2v) is 9.48. The highest BCUT2D eigenvalue weighted by Crippen LogP contribution is 2.43. The first-order chi connectivity index (χ1) is 17.2. The zero-order valence-corrected chi connectivity index (χ0v) is 21.4. The van der Waals surface area contributed by atoms with Crippen LogP contribution in [0.2, 0.25) is 5.02 Å². The molecule has 1 N–H and O–H groups in total. The van der Waals surface area contributed by atoms with Crippen molar-refractivity contribution in [3.63, 3.8) is 0 Å². The number of aliphatic hydroxyl groups excluding tert-OH is 1. The van der Waals surface area contributed by atoms with E-state index in [2.05, 4.69) is 13.8 Å². The predicted octanol–water partition coefficient (Wildman–Crippen LogP) is 6.32. The minimum Gasteiger partial charge on any atom is -0.507 e. The first-order valence-electron chi connectivity index (χ1n) is 11.7. The van der Waals surface area contributed by atoms with Crippen molar-refractivity contribution in [3.8, 4) is 11.5 Å². The average molecular weight is 506 g/mol. The average Bonchev–Trinajstić information content (AvgIpc) is 3.13. The Morgan fingerprint density at radius 1 is 1.06 bits per heavy atom. The van der Waals surface area contributed by atoms with Gasteiger partial charge in [0.1, 0.15) is 17.3 Å². The fourth-order valence-corrected chi connectivity index (χ4v) is 4.48. The number of aliphatic hydroxyl groups is 1. The first-order valence-corrected chi connectivity index (χ1v) is 12.0. The van der Waals surface area contributed by atoms with Crippen molar-refractivity contribution >= 4 is 34.7 Å². The molecule has 3 aromatic carbocycles. The van der Waals surface area contributed by atoms with Crippen LogP contribution in [-0.4, -0.2) is 30.5 Å². The summed E-state index contributed by atoms with van der Waals surface area (Å²) in [4.78, 5) is 28.2. The Balaban J connectivity index is 1.85. The van der Waals surface area contributed by atoms with Crippen LogP contribution in [0.1, 0.15) is 36.6 Å². The van der Waals surface area contributed by atoms with E-state index >= 15 is 0 Å². The number of carbonyl (C=O) groups is 2. The molecular weight excluding hydrogens is 478 g/mol. The summed E-state index contributed by atoms with van der Waals surface area (Å²) in [5.74, 6) is -0.318. The lowest BCUT2D eigenvalue weighted by molar-refractivity contribution is -0.132. The number of nitrogens with zero attached hydrogens (tertiary/aromatic N) is 1. The molecule has 1 aliphatic heterocycles. The molecule has 186 valence electrons. The highest BCUT2D eigenvalue weighted by atomic mass is 35.5. The summed E-state index contributed by atoms with van der Waals surface area (Å²) in [7, 11) is 1.49. The lowest BCUT2D eigenvalue weighted by Crippen LogP contribution is -2.29. The van der Waals surface area contributed by atoms with E-state index in [-0.39, 0.29) is 16.4 Å². The second-order valence-electron chi connectivity index (χ2n) is 9.07. The van der Waals surface area contributed by atoms with Crippen molar-refractivity contribution in [2.75, 3.05) is 18.6 Å². The van der Waals surface area contributed by atoms with Crippen LogP contribution in [0, 0.1) is 12.8 Å². The van der Waals surface area contributed by atoms with E-state index in [4.69, 9.17) is 21.1 Å². The van der Waals surface area contributed by atoms with Crippen LogP contribution in [0.3, 0.4) is 0 Å². The fraction of sp³-hybridized carbons (Fsp3) is 0.241. The van der Waals surface area contributed by atoms with Crippen LogP contribution >= 0.6 is 11.6 Å². The van der Waals surface area contributed by atoms with Crippen molar-refractivity contribution in [2.45, 2.75) is 26.8 Å². The Hall–Kier alpha value is -3.77. The molecule has 1 saturated heterocycles. The first kappa shape index (κ1) is 25.3. The number of halogens is 1. The van der Waals surface area contributed by atoms with Crippen LogP contribution in [0.25, 0.3) is 5.76 Å². The van der Waals surface area contributed by atoms with Gasteiger partial charge >= 0.3 is 0 Å². The Labute approximate surface area is 215 Å². The Kier molecular flexibility index (Phi) is 7.36. The maximum Gasteiger partial charge on any atom is 0.300 e. The van der Waals surface area contributed by atoms with Gasteiger partial charge in [0.05, 0.1) is 30.4 Å². The quantitative estimate of drug-likeness (QED) is 0.231. The van der Waals surface area contributed by atoms with E-state index in [9.17, 15) is 14.7 Å². The third kappa shape index (κ3) is 4.82. The van der Waals surface area contributed by atoms with Crippen LogP contribution in [0.4, 0.5) is 5.69 Å². The van der Waals surface area contributed by atoms with E-state index < -0.39 is 17.7 Å². The van der Waals surface area contributed by atoms with Gasteiger partial charge in [0, 0.05) is 11.3 Å². The molecule has 36 heavy (non-hydrogen) atoms. The van der Waals surface area contributed by atoms with Crippen LogP contribution in [-0.2, 0) is 9.59 Å². The third-order valence-corrected chi connectivity index (χ3v) is 6.35. The standard InChI is InChI=1S/C29H28ClNO5/c1-17(2)16-36-21-12-10-20(11-13-21)31-26(22-8-6-5-7-18(22)3)25(28(33)29(31)34)27(32)19-9-14-24(35-4)23(30)15-19/h5-15,17,26,32H,16H2,1-4H3/b27-25+. The van der Waals surface area contributed by atoms with Gasteiger partial charge < -0.3 is 14.6 Å². The number of hydrogen-bond acceptors (Lipinski definition) is 5. The maximum absolute atomic E-state index is 13.4. The van der Waals surface area contributed by atoms with Gasteiger partial charge in [0.25, 0.3) is 11.7 Å². The summed E-state index contributed by atoms with van der Waals surface area (Å²) in [5, 5.41) is 11.6. The molecule has 0 aliphatic carbocycles. The number of Topliss-reactive ketones (excluding diaryl/α,β-unsaturated/α-hetero) is 1. The number of aryl methyl sites for hydroxylation is 1. The molecule has 0 bridgehead atoms. The molecule has 1 amide bonds. The Morgan fingerprint density at radius 3 is 2.36 bits per heavy atom. The summed E-state index contributed by atoms with van der Waals surface area (Å²) < 4.78 is 11.0. The highest BCUT2D eigenvalue weighted by molar-refractivity contribution is 6.51. The van der Waals surface area contributed by atoms with Crippen LogP contribution in [0.5, 0.6) is 11.5 Å². The number of anilines is 1. The number of ether oxygens (including phenoxy) is 2. The maximum atomic E-state index is 13.4. The van der Waals surface area contributed by atoms with Crippen molar-refractivity contribution in [2.24, 2.45) is 5.92 Å². The molecular formula is C29H28ClNO5. The van der Waals surface area contributed by atoms with E-state index in [0.29, 0.717) is 35.3 Å². The summed E-state index contributed by atoms with van der Waals surface area (Å²) >= 11 is 6.28. The second kappa shape index (κ2) is 10.5. The number of benzene rings is 3. The minimum absolute atomic E-state index is 0.00401. The van der Waals surface area contributed by atoms with Crippen LogP contribution in [0.15, 0.2) is 72.3 Å². The SMILES string of the molecule is COc1ccc(/C(O)=C2\C(=O)C(=O)N(c3ccc(OCC(C)C)cc3)C2c2ccccc2C)cc1Cl. The molecule has 1 heterocycles. The lowest BCUT2D eigenvalue weighted by atomic mass is 9.92. The van der Waals surface area contributed by atoms with Gasteiger partial charge in [-0.3, -0.25) is 14.5 Å². The van der Waals surface area contributed by atoms with Gasteiger partial charge in [-0.25, -0.2) is 0 Å². The number of amides is 1. The molecule has 1 unspecified atom stereocenters. The van der Waals surface area contributed by atoms with Crippen LogP contribution < -0.4 is 14.4 Å². The zero-order valence-electron chi connectivity index (χ0n) is 20.6. The summed E-state index contributed by atoms with van der Waals surface area (Å²) in [6, 6.07) is 18.4. The molecule has 3 aromatic rings. The van der Waals surface area contributed by atoms with Crippen molar-refractivity contribution in [3.05, 3.63) is 94.0 Å². The molecule has 0 spiro atoms. The topological polar surface area (TPSA) is 76.1 Å². The largest absolute Gasteiger partial charge is 0.507 e. The van der Waals surface area contributed by atoms with Gasteiger partial charge in [-0.1, -0.05) is 49.7 Å². The number of carbonyl (C=O) groups excluding carboxylic acids is 2. The molecule has 7 heteroatoms. The monoisotopic (exact) mass is 505 g/mol. The Morgan fingerprint density at radius 2 is 1.75 bits per heavy atom. The van der Waals surface area contributed by atoms with Crippen molar-refractivity contribution < 1.29 is 24.2 Å². The molecule has 0 aromatic heterocycles. The van der Waals surface area contributed by atoms with Gasteiger partial charge in [-0.2, -0.15) is 0 Å². The van der Waals surface area contributed by atoms with Gasteiger partial charge in [-0.15, -0.1) is 0 Å². The molecule has 1 aliphatic rings. The molecule has 4 rings (SSSR count). The van der Waals surface area contributed by atoms with Gasteiger partial charge in [0.2, 0.25) is 0 Å². The van der Waals surface area contributed by atoms with Crippen molar-refractivity contribution in [1.29, 1.82) is 0 Å². The lowest BCUT2D eigenvalue weighted by Gasteiger charge is -2.27. The number of methoxy groups -OCH3 is 1. The fourth-order valence-electron chi connectivity index (χ4n) is 4.22.